The first-order chi connectivity index (χ1) is 9.26. The number of hydrogen-bond acceptors (Lipinski definition) is 0. The number of allylic oxidation sites excluding steroid dienone is 1. The van der Waals surface area contributed by atoms with Crippen LogP contribution in [0.1, 0.15) is 18.1 Å². The minimum Gasteiger partial charge on any atom is -0.344 e. The van der Waals surface area contributed by atoms with Crippen molar-refractivity contribution in [1.29, 1.82) is 0 Å². The molecule has 0 saturated carbocycles. The summed E-state index contributed by atoms with van der Waals surface area (Å²) in [6, 6.07) is 4.43. The second kappa shape index (κ2) is 4.33. The van der Waals surface area contributed by atoms with Crippen LogP contribution >= 0.6 is 0 Å². The molecule has 0 atom stereocenters. The van der Waals surface area contributed by atoms with E-state index in [2.05, 4.69) is 60.9 Å². The molecular formula is C18H15N. The Labute approximate surface area is 112 Å². The molecular weight excluding hydrogens is 230 g/mol. The standard InChI is InChI=1S/C18H15N/c1-4-8-15-16-11-13-9-6-7-10-14(13)12-18(16)19(3)17(15)5-2/h4-5,8-12H,1H2,2-3H3/b15-8-,17-5+. The summed E-state index contributed by atoms with van der Waals surface area (Å²) in [6.07, 6.45) is 10.0. The smallest absolute Gasteiger partial charge is 0.0495 e. The fourth-order valence-electron chi connectivity index (χ4n) is 2.69. The highest BCUT2D eigenvalue weighted by atomic mass is 14.9. The number of benzene rings is 1. The van der Waals surface area contributed by atoms with Crippen LogP contribution in [0.25, 0.3) is 35.2 Å². The summed E-state index contributed by atoms with van der Waals surface area (Å²) in [7, 11) is 2.10. The summed E-state index contributed by atoms with van der Waals surface area (Å²) in [5, 5.41) is 3.70. The van der Waals surface area contributed by atoms with Gasteiger partial charge < -0.3 is 4.57 Å². The quantitative estimate of drug-likeness (QED) is 0.581. The first kappa shape index (κ1) is 11.6. The molecule has 1 aliphatic carbocycles. The molecule has 0 N–H and O–H groups in total. The van der Waals surface area contributed by atoms with E-state index in [4.69, 9.17) is 0 Å². The van der Waals surface area contributed by atoms with E-state index in [1.807, 2.05) is 18.2 Å². The van der Waals surface area contributed by atoms with Gasteiger partial charge in [0, 0.05) is 28.5 Å². The largest absolute Gasteiger partial charge is 0.344 e. The van der Waals surface area contributed by atoms with Crippen molar-refractivity contribution in [1.82, 2.24) is 4.57 Å². The lowest BCUT2D eigenvalue weighted by Crippen LogP contribution is -2.26. The zero-order valence-electron chi connectivity index (χ0n) is 11.2. The van der Waals surface area contributed by atoms with E-state index in [0.29, 0.717) is 0 Å². The Morgan fingerprint density at radius 1 is 1.16 bits per heavy atom. The van der Waals surface area contributed by atoms with Gasteiger partial charge in [0.15, 0.2) is 0 Å². The highest BCUT2D eigenvalue weighted by Gasteiger charge is 2.08. The predicted octanol–water partition coefficient (Wildman–Crippen LogP) is 2.74. The van der Waals surface area contributed by atoms with Crippen molar-refractivity contribution in [3.63, 3.8) is 0 Å². The first-order valence-electron chi connectivity index (χ1n) is 6.35. The maximum atomic E-state index is 3.82. The van der Waals surface area contributed by atoms with E-state index >= 15 is 0 Å². The molecule has 1 aromatic heterocycles. The number of rotatable bonds is 1. The molecule has 0 fully saturated rings. The summed E-state index contributed by atoms with van der Waals surface area (Å²) in [5.41, 5.74) is 9.65. The summed E-state index contributed by atoms with van der Waals surface area (Å²) >= 11 is 0. The van der Waals surface area contributed by atoms with Crippen LogP contribution in [0.15, 0.2) is 36.3 Å². The van der Waals surface area contributed by atoms with E-state index < -0.39 is 0 Å². The Bertz CT molecular complexity index is 907. The normalized spacial score (nSPS) is 14.4. The second-order valence-corrected chi connectivity index (χ2v) is 4.62. The highest BCUT2D eigenvalue weighted by molar-refractivity contribution is 5.89. The van der Waals surface area contributed by atoms with Crippen LogP contribution in [0.3, 0.4) is 0 Å². The minimum atomic E-state index is 1.19. The lowest BCUT2D eigenvalue weighted by Gasteiger charge is -2.04. The average Bonchev–Trinajstić information content (AvgIpc) is 2.69. The molecule has 0 bridgehead atoms. The van der Waals surface area contributed by atoms with Crippen LogP contribution in [0, 0.1) is 0 Å². The molecule has 2 aromatic rings. The lowest BCUT2D eigenvalue weighted by molar-refractivity contribution is 0.924. The van der Waals surface area contributed by atoms with Crippen molar-refractivity contribution >= 4 is 35.2 Å². The van der Waals surface area contributed by atoms with Crippen LogP contribution in [-0.4, -0.2) is 4.57 Å². The third-order valence-electron chi connectivity index (χ3n) is 3.59. The van der Waals surface area contributed by atoms with Gasteiger partial charge in [0.1, 0.15) is 0 Å². The number of hydrogen-bond donors (Lipinski definition) is 0. The third kappa shape index (κ3) is 1.65. The van der Waals surface area contributed by atoms with Crippen molar-refractivity contribution in [3.05, 3.63) is 57.9 Å². The molecule has 1 heterocycles. The van der Waals surface area contributed by atoms with Gasteiger partial charge in [-0.3, -0.25) is 0 Å². The number of fused-ring (bicyclic) bond motifs is 2. The van der Waals surface area contributed by atoms with Crippen LogP contribution < -0.4 is 10.6 Å². The minimum absolute atomic E-state index is 1.19. The fourth-order valence-corrected chi connectivity index (χ4v) is 2.69. The van der Waals surface area contributed by atoms with Crippen molar-refractivity contribution < 1.29 is 0 Å². The van der Waals surface area contributed by atoms with Gasteiger partial charge in [0.05, 0.1) is 0 Å². The van der Waals surface area contributed by atoms with E-state index in [0.717, 1.165) is 0 Å². The van der Waals surface area contributed by atoms with Gasteiger partial charge in [-0.2, -0.15) is 0 Å². The van der Waals surface area contributed by atoms with Crippen LogP contribution in [0.4, 0.5) is 0 Å². The number of aromatic nitrogens is 1. The maximum absolute atomic E-state index is 3.82. The predicted molar refractivity (Wildman–Crippen MR) is 82.9 cm³/mol. The van der Waals surface area contributed by atoms with Crippen molar-refractivity contribution in [2.24, 2.45) is 7.05 Å². The SMILES string of the molecule is C=C/C=c1\c(=C/C)n(C)c2cc3c(cc12)C=C=C=C3. The molecule has 1 nitrogen and oxygen atoms in total. The molecule has 0 aliphatic heterocycles. The van der Waals surface area contributed by atoms with Gasteiger partial charge in [0.2, 0.25) is 0 Å². The fraction of sp³-hybridized carbons (Fsp3) is 0.111. The van der Waals surface area contributed by atoms with Crippen LogP contribution in [0.5, 0.6) is 0 Å². The van der Waals surface area contributed by atoms with Gasteiger partial charge in [-0.15, -0.1) is 0 Å². The molecule has 0 amide bonds. The summed E-state index contributed by atoms with van der Waals surface area (Å²) < 4.78 is 2.22. The molecule has 1 aliphatic rings. The molecule has 0 unspecified atom stereocenters. The van der Waals surface area contributed by atoms with Crippen molar-refractivity contribution in [2.75, 3.05) is 0 Å². The molecule has 1 heteroatoms. The Hall–Kier alpha value is -2.46. The zero-order valence-corrected chi connectivity index (χ0v) is 11.2. The van der Waals surface area contributed by atoms with E-state index in [1.165, 1.54) is 32.6 Å². The maximum Gasteiger partial charge on any atom is 0.0495 e. The van der Waals surface area contributed by atoms with E-state index in [1.54, 1.807) is 0 Å². The first-order valence-corrected chi connectivity index (χ1v) is 6.35. The number of nitrogens with zero attached hydrogens (tertiary/aromatic N) is 1. The summed E-state index contributed by atoms with van der Waals surface area (Å²) in [4.78, 5) is 0. The van der Waals surface area contributed by atoms with Crippen molar-refractivity contribution in [3.8, 4) is 0 Å². The summed E-state index contributed by atoms with van der Waals surface area (Å²) in [5.74, 6) is 0. The molecule has 0 radical (unpaired) electrons. The van der Waals surface area contributed by atoms with Crippen molar-refractivity contribution in [2.45, 2.75) is 6.92 Å². The molecule has 0 spiro atoms. The van der Waals surface area contributed by atoms with Gasteiger partial charge in [0.25, 0.3) is 0 Å². The molecule has 92 valence electrons. The highest BCUT2D eigenvalue weighted by Crippen LogP contribution is 2.20. The molecule has 0 saturated heterocycles. The third-order valence-corrected chi connectivity index (χ3v) is 3.59. The topological polar surface area (TPSA) is 4.93 Å². The number of aryl methyl sites for hydroxylation is 1. The van der Waals surface area contributed by atoms with Gasteiger partial charge in [-0.25, -0.2) is 0 Å². The van der Waals surface area contributed by atoms with Gasteiger partial charge >= 0.3 is 0 Å². The van der Waals surface area contributed by atoms with Gasteiger partial charge in [-0.05, 0) is 42.3 Å². The second-order valence-electron chi connectivity index (χ2n) is 4.62. The Morgan fingerprint density at radius 2 is 1.84 bits per heavy atom. The Balaban J connectivity index is 2.57. The molecule has 19 heavy (non-hydrogen) atoms. The monoisotopic (exact) mass is 245 g/mol. The lowest BCUT2D eigenvalue weighted by atomic mass is 10.0. The van der Waals surface area contributed by atoms with Gasteiger partial charge in [-0.1, -0.05) is 36.3 Å². The zero-order chi connectivity index (χ0) is 13.4. The van der Waals surface area contributed by atoms with E-state index in [9.17, 15) is 0 Å². The van der Waals surface area contributed by atoms with Crippen LogP contribution in [0.2, 0.25) is 0 Å². The Kier molecular flexibility index (Phi) is 2.65. The molecule has 3 rings (SSSR count). The average molecular weight is 245 g/mol. The Morgan fingerprint density at radius 3 is 2.47 bits per heavy atom. The summed E-state index contributed by atoms with van der Waals surface area (Å²) in [6.45, 7) is 5.89. The molecule has 1 aromatic carbocycles. The van der Waals surface area contributed by atoms with E-state index in [-0.39, 0.29) is 0 Å². The van der Waals surface area contributed by atoms with Crippen LogP contribution in [-0.2, 0) is 7.05 Å².